The SMILES string of the molecule is CNNCc1sc2c(c1C)c(=O)n(C1CC1)c(=O)n2CCC(F)(F)F. The maximum absolute atomic E-state index is 12.8. The first-order chi connectivity index (χ1) is 11.7. The molecule has 2 aromatic heterocycles. The predicted octanol–water partition coefficient (Wildman–Crippen LogP) is 2.04. The maximum atomic E-state index is 12.8. The van der Waals surface area contributed by atoms with Crippen LogP contribution < -0.4 is 22.1 Å². The summed E-state index contributed by atoms with van der Waals surface area (Å²) in [6, 6.07) is -0.195. The molecule has 10 heteroatoms. The molecule has 0 bridgehead atoms. The average Bonchev–Trinajstić information content (AvgIpc) is 3.28. The summed E-state index contributed by atoms with van der Waals surface area (Å²) in [6.07, 6.45) is -4.06. The van der Waals surface area contributed by atoms with Gasteiger partial charge in [0.2, 0.25) is 0 Å². The Hall–Kier alpha value is -1.65. The van der Waals surface area contributed by atoms with Crippen molar-refractivity contribution < 1.29 is 13.2 Å². The van der Waals surface area contributed by atoms with Crippen molar-refractivity contribution in [1.82, 2.24) is 20.0 Å². The van der Waals surface area contributed by atoms with Gasteiger partial charge in [-0.05, 0) is 32.4 Å². The van der Waals surface area contributed by atoms with Crippen LogP contribution in [0.15, 0.2) is 9.59 Å². The molecule has 0 spiro atoms. The summed E-state index contributed by atoms with van der Waals surface area (Å²) in [4.78, 5) is 26.6. The van der Waals surface area contributed by atoms with Crippen LogP contribution in [0.3, 0.4) is 0 Å². The normalized spacial score (nSPS) is 15.2. The molecule has 1 fully saturated rings. The minimum absolute atomic E-state index is 0.195. The molecule has 138 valence electrons. The van der Waals surface area contributed by atoms with E-state index in [1.807, 2.05) is 0 Å². The lowest BCUT2D eigenvalue weighted by atomic mass is 10.2. The molecule has 0 amide bonds. The van der Waals surface area contributed by atoms with Gasteiger partial charge < -0.3 is 0 Å². The zero-order valence-corrected chi connectivity index (χ0v) is 14.7. The molecular formula is C15H19F3N4O2S. The predicted molar refractivity (Wildman–Crippen MR) is 89.9 cm³/mol. The van der Waals surface area contributed by atoms with Crippen LogP contribution in [0.2, 0.25) is 0 Å². The molecule has 2 heterocycles. The van der Waals surface area contributed by atoms with E-state index < -0.39 is 30.4 Å². The maximum Gasteiger partial charge on any atom is 0.390 e. The van der Waals surface area contributed by atoms with Crippen molar-refractivity contribution in [3.05, 3.63) is 31.3 Å². The molecule has 2 N–H and O–H groups in total. The van der Waals surface area contributed by atoms with Gasteiger partial charge in [-0.2, -0.15) is 13.2 Å². The summed E-state index contributed by atoms with van der Waals surface area (Å²) in [6.45, 7) is 1.70. The fourth-order valence-corrected chi connectivity index (χ4v) is 4.09. The average molecular weight is 376 g/mol. The van der Waals surface area contributed by atoms with E-state index in [-0.39, 0.29) is 6.04 Å². The number of thiophene rings is 1. The molecule has 3 rings (SSSR count). The second-order valence-corrected chi connectivity index (χ2v) is 7.22. The van der Waals surface area contributed by atoms with E-state index in [9.17, 15) is 22.8 Å². The highest BCUT2D eigenvalue weighted by Gasteiger charge is 2.32. The molecule has 25 heavy (non-hydrogen) atoms. The summed E-state index contributed by atoms with van der Waals surface area (Å²) in [7, 11) is 1.70. The van der Waals surface area contributed by atoms with Crippen molar-refractivity contribution in [3.8, 4) is 0 Å². The van der Waals surface area contributed by atoms with Crippen LogP contribution in [0.4, 0.5) is 13.2 Å². The zero-order valence-electron chi connectivity index (χ0n) is 13.9. The lowest BCUT2D eigenvalue weighted by Gasteiger charge is -2.12. The van der Waals surface area contributed by atoms with Crippen LogP contribution in [0, 0.1) is 6.92 Å². The Bertz CT molecular complexity index is 909. The van der Waals surface area contributed by atoms with E-state index in [0.29, 0.717) is 35.2 Å². The fraction of sp³-hybridized carbons (Fsp3) is 0.600. The van der Waals surface area contributed by atoms with Crippen LogP contribution >= 0.6 is 11.3 Å². The number of rotatable bonds is 6. The monoisotopic (exact) mass is 376 g/mol. The number of aromatic nitrogens is 2. The van der Waals surface area contributed by atoms with Gasteiger partial charge in [0, 0.05) is 24.0 Å². The lowest BCUT2D eigenvalue weighted by molar-refractivity contribution is -0.136. The van der Waals surface area contributed by atoms with Gasteiger partial charge in [0.1, 0.15) is 4.83 Å². The van der Waals surface area contributed by atoms with Crippen molar-refractivity contribution >= 4 is 21.6 Å². The van der Waals surface area contributed by atoms with Crippen molar-refractivity contribution in [2.45, 2.75) is 51.5 Å². The number of hydrogen-bond acceptors (Lipinski definition) is 5. The summed E-state index contributed by atoms with van der Waals surface area (Å²) < 4.78 is 40.3. The zero-order chi connectivity index (χ0) is 18.4. The molecule has 6 nitrogen and oxygen atoms in total. The summed E-state index contributed by atoms with van der Waals surface area (Å²) >= 11 is 1.19. The smallest absolute Gasteiger partial charge is 0.284 e. The van der Waals surface area contributed by atoms with Crippen LogP contribution in [-0.4, -0.2) is 22.4 Å². The quantitative estimate of drug-likeness (QED) is 0.758. The first-order valence-electron chi connectivity index (χ1n) is 7.98. The molecule has 0 saturated heterocycles. The third-order valence-corrected chi connectivity index (χ3v) is 5.61. The van der Waals surface area contributed by atoms with E-state index >= 15 is 0 Å². The van der Waals surface area contributed by atoms with Gasteiger partial charge in [0.25, 0.3) is 5.56 Å². The number of hydrazine groups is 1. The van der Waals surface area contributed by atoms with E-state index in [4.69, 9.17) is 0 Å². The summed E-state index contributed by atoms with van der Waals surface area (Å²) in [5.41, 5.74) is 5.36. The molecule has 1 aliphatic carbocycles. The Balaban J connectivity index is 2.20. The molecular weight excluding hydrogens is 357 g/mol. The minimum atomic E-state index is -4.37. The molecule has 0 atom stereocenters. The number of fused-ring (bicyclic) bond motifs is 1. The topological polar surface area (TPSA) is 68.1 Å². The Kier molecular flexibility index (Phi) is 4.78. The number of hydrogen-bond donors (Lipinski definition) is 2. The minimum Gasteiger partial charge on any atom is -0.284 e. The number of nitrogens with zero attached hydrogens (tertiary/aromatic N) is 2. The standard InChI is InChI=1S/C15H19F3N4O2S/c1-8-10(7-20-19-2)25-13-11(8)12(23)22(9-3-4-9)14(24)21(13)6-5-15(16,17)18/h9,19-20H,3-7H2,1-2H3. The van der Waals surface area contributed by atoms with Gasteiger partial charge >= 0.3 is 11.9 Å². The largest absolute Gasteiger partial charge is 0.390 e. The fourth-order valence-electron chi connectivity index (χ4n) is 2.84. The Morgan fingerprint density at radius 1 is 1.28 bits per heavy atom. The van der Waals surface area contributed by atoms with Gasteiger partial charge in [0.05, 0.1) is 11.8 Å². The highest BCUT2D eigenvalue weighted by Crippen LogP contribution is 2.34. The Morgan fingerprint density at radius 2 is 1.96 bits per heavy atom. The van der Waals surface area contributed by atoms with Crippen molar-refractivity contribution in [1.29, 1.82) is 0 Å². The Labute approximate surface area is 145 Å². The third-order valence-electron chi connectivity index (χ3n) is 4.30. The summed E-state index contributed by atoms with van der Waals surface area (Å²) in [5.74, 6) is 0. The molecule has 1 saturated carbocycles. The van der Waals surface area contributed by atoms with Gasteiger partial charge in [-0.15, -0.1) is 11.3 Å². The second-order valence-electron chi connectivity index (χ2n) is 6.14. The van der Waals surface area contributed by atoms with Gasteiger partial charge in [0.15, 0.2) is 0 Å². The lowest BCUT2D eigenvalue weighted by Crippen LogP contribution is -2.39. The van der Waals surface area contributed by atoms with E-state index in [1.165, 1.54) is 11.3 Å². The van der Waals surface area contributed by atoms with E-state index in [1.54, 1.807) is 14.0 Å². The number of halogens is 3. The summed E-state index contributed by atoms with van der Waals surface area (Å²) in [5, 5.41) is 0.353. The van der Waals surface area contributed by atoms with Crippen LogP contribution in [0.5, 0.6) is 0 Å². The second kappa shape index (κ2) is 6.58. The number of aryl methyl sites for hydroxylation is 2. The molecule has 0 aromatic carbocycles. The molecule has 0 radical (unpaired) electrons. The van der Waals surface area contributed by atoms with E-state index in [2.05, 4.69) is 10.9 Å². The van der Waals surface area contributed by atoms with Crippen molar-refractivity contribution in [2.75, 3.05) is 7.05 Å². The highest BCUT2D eigenvalue weighted by atomic mass is 32.1. The van der Waals surface area contributed by atoms with Crippen LogP contribution in [-0.2, 0) is 13.1 Å². The number of alkyl halides is 3. The molecule has 2 aromatic rings. The van der Waals surface area contributed by atoms with Crippen LogP contribution in [0.25, 0.3) is 10.2 Å². The number of nitrogens with one attached hydrogen (secondary N) is 2. The van der Waals surface area contributed by atoms with Crippen LogP contribution in [0.1, 0.15) is 35.7 Å². The highest BCUT2D eigenvalue weighted by molar-refractivity contribution is 7.18. The first-order valence-corrected chi connectivity index (χ1v) is 8.80. The van der Waals surface area contributed by atoms with Gasteiger partial charge in [-0.1, -0.05) is 0 Å². The molecule has 0 aliphatic heterocycles. The third kappa shape index (κ3) is 3.51. The Morgan fingerprint density at radius 3 is 2.52 bits per heavy atom. The van der Waals surface area contributed by atoms with Crippen molar-refractivity contribution in [2.24, 2.45) is 0 Å². The first kappa shape index (κ1) is 18.2. The molecule has 0 unspecified atom stereocenters. The van der Waals surface area contributed by atoms with E-state index in [0.717, 1.165) is 14.0 Å². The van der Waals surface area contributed by atoms with Gasteiger partial charge in [-0.3, -0.25) is 24.8 Å². The molecule has 1 aliphatic rings. The van der Waals surface area contributed by atoms with Crippen molar-refractivity contribution in [3.63, 3.8) is 0 Å². The van der Waals surface area contributed by atoms with Gasteiger partial charge in [-0.25, -0.2) is 4.79 Å².